The zero-order chi connectivity index (χ0) is 22.5. The molecule has 0 saturated carbocycles. The Morgan fingerprint density at radius 3 is 2.13 bits per heavy atom. The number of hydrogen-bond acceptors (Lipinski definition) is 8. The molecule has 0 spiro atoms. The minimum Gasteiger partial charge on any atom is -0.493 e. The minimum absolute atomic E-state index is 0.518. The van der Waals surface area contributed by atoms with Crippen molar-refractivity contribution >= 4 is 23.2 Å². The Balaban J connectivity index is 2.21. The molecule has 0 atom stereocenters. The fourth-order valence-corrected chi connectivity index (χ4v) is 3.66. The van der Waals surface area contributed by atoms with Crippen molar-refractivity contribution < 1.29 is 18.9 Å². The normalized spacial score (nSPS) is 11.2. The topological polar surface area (TPSA) is 83.2 Å². The van der Waals surface area contributed by atoms with E-state index in [2.05, 4.69) is 14.9 Å². The molecule has 0 N–H and O–H groups in total. The van der Waals surface area contributed by atoms with Crippen LogP contribution < -0.4 is 14.4 Å². The van der Waals surface area contributed by atoms with Crippen molar-refractivity contribution in [1.82, 2.24) is 19.6 Å². The molecule has 0 aliphatic carbocycles. The molecule has 9 nitrogen and oxygen atoms in total. The lowest BCUT2D eigenvalue weighted by molar-refractivity contribution is 0.189. The second kappa shape index (κ2) is 10.1. The van der Waals surface area contributed by atoms with E-state index in [1.165, 1.54) is 0 Å². The SMILES string of the molecule is COCCN(CCOC)c1nc(C)nc2c(-c3cc(OC)c(OC)cc3Cl)c(C)nn12. The number of hydrogen-bond donors (Lipinski definition) is 0. The van der Waals surface area contributed by atoms with E-state index in [0.717, 1.165) is 16.8 Å². The summed E-state index contributed by atoms with van der Waals surface area (Å²) in [5.41, 5.74) is 3.01. The molecule has 0 bridgehead atoms. The van der Waals surface area contributed by atoms with E-state index < -0.39 is 0 Å². The fraction of sp³-hybridized carbons (Fsp3) is 0.476. The summed E-state index contributed by atoms with van der Waals surface area (Å²) < 4.78 is 23.1. The van der Waals surface area contributed by atoms with E-state index in [1.54, 1.807) is 39.0 Å². The monoisotopic (exact) mass is 449 g/mol. The first-order chi connectivity index (χ1) is 14.9. The zero-order valence-corrected chi connectivity index (χ0v) is 19.5. The maximum absolute atomic E-state index is 6.62. The Morgan fingerprint density at radius 2 is 1.55 bits per heavy atom. The number of fused-ring (bicyclic) bond motifs is 1. The summed E-state index contributed by atoms with van der Waals surface area (Å²) in [7, 11) is 6.51. The number of aromatic nitrogens is 4. The maximum Gasteiger partial charge on any atom is 0.230 e. The van der Waals surface area contributed by atoms with Crippen LogP contribution in [-0.4, -0.2) is 74.3 Å². The molecule has 0 amide bonds. The van der Waals surface area contributed by atoms with Crippen LogP contribution >= 0.6 is 11.6 Å². The molecule has 0 radical (unpaired) electrons. The van der Waals surface area contributed by atoms with Gasteiger partial charge in [-0.1, -0.05) is 11.6 Å². The van der Waals surface area contributed by atoms with Gasteiger partial charge in [-0.2, -0.15) is 14.6 Å². The standard InChI is InChI=1S/C21H28ClN5O4/c1-13-19(15-11-17(30-5)18(31-6)12-16(15)22)20-23-14(2)24-21(27(20)25-13)26(7-9-28-3)8-10-29-4/h11-12H,7-10H2,1-6H3. The zero-order valence-electron chi connectivity index (χ0n) is 18.7. The third kappa shape index (κ3) is 4.68. The lowest BCUT2D eigenvalue weighted by atomic mass is 10.1. The molecular formula is C21H28ClN5O4. The van der Waals surface area contributed by atoms with E-state index in [0.29, 0.717) is 60.2 Å². The number of aryl methyl sites for hydroxylation is 2. The molecule has 0 saturated heterocycles. The molecule has 2 aromatic heterocycles. The number of nitrogens with zero attached hydrogens (tertiary/aromatic N) is 5. The van der Waals surface area contributed by atoms with Crippen LogP contribution in [0.3, 0.4) is 0 Å². The number of anilines is 1. The predicted molar refractivity (Wildman–Crippen MR) is 120 cm³/mol. The quantitative estimate of drug-likeness (QED) is 0.466. The van der Waals surface area contributed by atoms with Crippen molar-refractivity contribution in [2.75, 3.05) is 59.6 Å². The van der Waals surface area contributed by atoms with Crippen molar-refractivity contribution in [3.05, 3.63) is 28.7 Å². The first-order valence-corrected chi connectivity index (χ1v) is 10.2. The lowest BCUT2D eigenvalue weighted by Crippen LogP contribution is -2.33. The van der Waals surface area contributed by atoms with Gasteiger partial charge in [0.25, 0.3) is 0 Å². The molecule has 0 fully saturated rings. The van der Waals surface area contributed by atoms with Gasteiger partial charge < -0.3 is 23.8 Å². The van der Waals surface area contributed by atoms with Crippen molar-refractivity contribution in [3.63, 3.8) is 0 Å². The summed E-state index contributed by atoms with van der Waals surface area (Å²) in [5, 5.41) is 5.26. The molecular weight excluding hydrogens is 422 g/mol. The van der Waals surface area contributed by atoms with Crippen molar-refractivity contribution in [2.24, 2.45) is 0 Å². The number of halogens is 1. The molecule has 31 heavy (non-hydrogen) atoms. The Hall–Kier alpha value is -2.62. The molecule has 0 aliphatic heterocycles. The Morgan fingerprint density at radius 1 is 0.935 bits per heavy atom. The van der Waals surface area contributed by atoms with Gasteiger partial charge >= 0.3 is 0 Å². The van der Waals surface area contributed by atoms with Gasteiger partial charge in [0.05, 0.1) is 43.7 Å². The Kier molecular flexibility index (Phi) is 7.53. The Bertz CT molecular complexity index is 1050. The van der Waals surface area contributed by atoms with E-state index in [4.69, 9.17) is 35.6 Å². The van der Waals surface area contributed by atoms with E-state index in [-0.39, 0.29) is 0 Å². The summed E-state index contributed by atoms with van der Waals surface area (Å²) in [4.78, 5) is 11.4. The van der Waals surface area contributed by atoms with Crippen LogP contribution in [-0.2, 0) is 9.47 Å². The van der Waals surface area contributed by atoms with Crippen molar-refractivity contribution in [3.8, 4) is 22.6 Å². The summed E-state index contributed by atoms with van der Waals surface area (Å²) in [6, 6.07) is 3.58. The highest BCUT2D eigenvalue weighted by Crippen LogP contribution is 2.41. The molecule has 10 heteroatoms. The number of rotatable bonds is 10. The van der Waals surface area contributed by atoms with Gasteiger partial charge in [0.2, 0.25) is 5.95 Å². The van der Waals surface area contributed by atoms with Crippen LogP contribution in [0, 0.1) is 13.8 Å². The predicted octanol–water partition coefficient (Wildman–Crippen LogP) is 3.18. The smallest absolute Gasteiger partial charge is 0.230 e. The molecule has 0 aliphatic rings. The van der Waals surface area contributed by atoms with Gasteiger partial charge in [-0.25, -0.2) is 4.98 Å². The van der Waals surface area contributed by atoms with E-state index >= 15 is 0 Å². The second-order valence-electron chi connectivity index (χ2n) is 6.93. The largest absolute Gasteiger partial charge is 0.493 e. The number of ether oxygens (including phenoxy) is 4. The number of benzene rings is 1. The summed E-state index contributed by atoms with van der Waals surface area (Å²) >= 11 is 6.62. The third-order valence-electron chi connectivity index (χ3n) is 4.91. The molecule has 3 rings (SSSR count). The molecule has 1 aromatic carbocycles. The van der Waals surface area contributed by atoms with E-state index in [1.807, 2.05) is 19.9 Å². The van der Waals surface area contributed by atoms with Crippen molar-refractivity contribution in [2.45, 2.75) is 13.8 Å². The molecule has 0 unspecified atom stereocenters. The molecule has 2 heterocycles. The van der Waals surface area contributed by atoms with Crippen LogP contribution in [0.15, 0.2) is 12.1 Å². The number of methoxy groups -OCH3 is 4. The first-order valence-electron chi connectivity index (χ1n) is 9.83. The lowest BCUT2D eigenvalue weighted by Gasteiger charge is -2.23. The highest BCUT2D eigenvalue weighted by Gasteiger charge is 2.23. The van der Waals surface area contributed by atoms with Gasteiger partial charge in [-0.05, 0) is 19.9 Å². The molecule has 3 aromatic rings. The van der Waals surface area contributed by atoms with Crippen molar-refractivity contribution in [1.29, 1.82) is 0 Å². The van der Waals surface area contributed by atoms with Gasteiger partial charge in [0.15, 0.2) is 17.1 Å². The van der Waals surface area contributed by atoms with Gasteiger partial charge in [-0.3, -0.25) is 0 Å². The molecule has 168 valence electrons. The average Bonchev–Trinajstić information content (AvgIpc) is 3.08. The van der Waals surface area contributed by atoms with Crippen LogP contribution in [0.2, 0.25) is 5.02 Å². The third-order valence-corrected chi connectivity index (χ3v) is 5.22. The summed E-state index contributed by atoms with van der Waals surface area (Å²) in [6.45, 7) is 6.14. The van der Waals surface area contributed by atoms with Gasteiger partial charge in [-0.15, -0.1) is 0 Å². The maximum atomic E-state index is 6.62. The van der Waals surface area contributed by atoms with Crippen LogP contribution in [0.25, 0.3) is 16.8 Å². The fourth-order valence-electron chi connectivity index (χ4n) is 3.41. The summed E-state index contributed by atoms with van der Waals surface area (Å²) in [5.74, 6) is 2.43. The minimum atomic E-state index is 0.518. The van der Waals surface area contributed by atoms with Gasteiger partial charge in [0.1, 0.15) is 5.82 Å². The highest BCUT2D eigenvalue weighted by molar-refractivity contribution is 6.33. The van der Waals surface area contributed by atoms with Gasteiger partial charge in [0, 0.05) is 38.9 Å². The van der Waals surface area contributed by atoms with E-state index in [9.17, 15) is 0 Å². The van der Waals surface area contributed by atoms with Crippen LogP contribution in [0.5, 0.6) is 11.5 Å². The first kappa shape index (κ1) is 23.1. The summed E-state index contributed by atoms with van der Waals surface area (Å²) in [6.07, 6.45) is 0. The highest BCUT2D eigenvalue weighted by atomic mass is 35.5. The van der Waals surface area contributed by atoms with Crippen LogP contribution in [0.1, 0.15) is 11.5 Å². The van der Waals surface area contributed by atoms with Crippen LogP contribution in [0.4, 0.5) is 5.95 Å². The average molecular weight is 450 g/mol. The Labute approximate surface area is 186 Å². The second-order valence-corrected chi connectivity index (χ2v) is 7.33.